The first-order valence-corrected chi connectivity index (χ1v) is 8.82. The molecule has 4 N–H and O–H groups in total. The molecule has 1 aromatic rings. The molecule has 0 aliphatic rings. The summed E-state index contributed by atoms with van der Waals surface area (Å²) < 4.78 is 15.6. The Kier molecular flexibility index (Phi) is 7.74. The van der Waals surface area contributed by atoms with Crippen LogP contribution in [0.1, 0.15) is 24.8 Å². The van der Waals surface area contributed by atoms with Crippen LogP contribution >= 0.6 is 7.60 Å². The minimum Gasteiger partial charge on any atom is -0.480 e. The molecule has 8 nitrogen and oxygen atoms in total. The number of carbonyl (C=O) groups is 2. The number of nitrogens with one attached hydrogen (secondary N) is 1. The number of aliphatic carboxylic acids is 1. The molecule has 0 bridgehead atoms. The summed E-state index contributed by atoms with van der Waals surface area (Å²) in [5.74, 6) is -1.22. The number of carboxylic acids is 1. The lowest BCUT2D eigenvalue weighted by atomic mass is 10.1. The van der Waals surface area contributed by atoms with E-state index in [0.29, 0.717) is 0 Å². The molecule has 1 aromatic carbocycles. The normalized spacial score (nSPS) is 12.4. The maximum atomic E-state index is 11.6. The van der Waals surface area contributed by atoms with Crippen molar-refractivity contribution >= 4 is 19.7 Å². The molecular weight excluding hydrogens is 325 g/mol. The van der Waals surface area contributed by atoms with E-state index < -0.39 is 25.7 Å². The molecule has 1 amide bonds. The number of alkyl carbamates (subject to hydrolysis) is 1. The second-order valence-electron chi connectivity index (χ2n) is 4.98. The molecule has 23 heavy (non-hydrogen) atoms. The number of ether oxygens (including phenoxy) is 1. The lowest BCUT2D eigenvalue weighted by Crippen LogP contribution is -2.41. The van der Waals surface area contributed by atoms with E-state index in [1.54, 1.807) is 24.3 Å². The van der Waals surface area contributed by atoms with Crippen molar-refractivity contribution in [1.82, 2.24) is 5.32 Å². The first-order chi connectivity index (χ1) is 10.8. The first kappa shape index (κ1) is 19.2. The van der Waals surface area contributed by atoms with Crippen LogP contribution in [0.25, 0.3) is 0 Å². The van der Waals surface area contributed by atoms with Gasteiger partial charge in [-0.15, -0.1) is 0 Å². The summed E-state index contributed by atoms with van der Waals surface area (Å²) in [6, 6.07) is 7.78. The SMILES string of the molecule is O=C(NC(CCCCP(=O)(O)O)C(=O)O)OCc1ccccc1. The van der Waals surface area contributed by atoms with Crippen LogP contribution in [-0.4, -0.2) is 39.2 Å². The summed E-state index contributed by atoms with van der Waals surface area (Å²) in [5, 5.41) is 11.3. The Morgan fingerprint density at radius 1 is 1.17 bits per heavy atom. The zero-order chi connectivity index (χ0) is 17.3. The monoisotopic (exact) mass is 345 g/mol. The number of unbranched alkanes of at least 4 members (excludes halogenated alkanes) is 1. The quantitative estimate of drug-likeness (QED) is 0.395. The van der Waals surface area contributed by atoms with Gasteiger partial charge in [-0.25, -0.2) is 9.59 Å². The molecule has 0 heterocycles. The maximum absolute atomic E-state index is 11.6. The Morgan fingerprint density at radius 3 is 2.39 bits per heavy atom. The van der Waals surface area contributed by atoms with E-state index in [9.17, 15) is 14.2 Å². The van der Waals surface area contributed by atoms with Gasteiger partial charge in [0.2, 0.25) is 0 Å². The van der Waals surface area contributed by atoms with Crippen LogP contribution in [-0.2, 0) is 20.7 Å². The molecule has 0 spiro atoms. The highest BCUT2D eigenvalue weighted by Crippen LogP contribution is 2.35. The highest BCUT2D eigenvalue weighted by molar-refractivity contribution is 7.51. The number of carboxylic acid groups (broad SMARTS) is 1. The summed E-state index contributed by atoms with van der Waals surface area (Å²) in [7, 11) is -4.08. The minimum atomic E-state index is -4.08. The first-order valence-electron chi connectivity index (χ1n) is 7.02. The molecule has 1 rings (SSSR count). The van der Waals surface area contributed by atoms with Crippen molar-refractivity contribution < 1.29 is 33.8 Å². The average Bonchev–Trinajstić information content (AvgIpc) is 2.48. The van der Waals surface area contributed by atoms with Gasteiger partial charge in [0, 0.05) is 6.16 Å². The van der Waals surface area contributed by atoms with Crippen molar-refractivity contribution in [2.24, 2.45) is 0 Å². The van der Waals surface area contributed by atoms with Gasteiger partial charge in [0.1, 0.15) is 12.6 Å². The second kappa shape index (κ2) is 9.29. The number of carbonyl (C=O) groups excluding carboxylic acids is 1. The van der Waals surface area contributed by atoms with E-state index in [0.717, 1.165) is 5.56 Å². The molecule has 0 aliphatic heterocycles. The summed E-state index contributed by atoms with van der Waals surface area (Å²) in [5.41, 5.74) is 0.774. The van der Waals surface area contributed by atoms with Crippen molar-refractivity contribution in [2.75, 3.05) is 6.16 Å². The number of hydrogen-bond donors (Lipinski definition) is 4. The summed E-state index contributed by atoms with van der Waals surface area (Å²) in [6.07, 6.45) is -0.653. The molecule has 0 saturated carbocycles. The molecule has 0 aromatic heterocycles. The lowest BCUT2D eigenvalue weighted by Gasteiger charge is -2.14. The van der Waals surface area contributed by atoms with Crippen molar-refractivity contribution in [3.63, 3.8) is 0 Å². The molecule has 1 unspecified atom stereocenters. The minimum absolute atomic E-state index is 0.0250. The Balaban J connectivity index is 2.35. The Bertz CT molecular complexity index is 558. The topological polar surface area (TPSA) is 133 Å². The van der Waals surface area contributed by atoms with Crippen molar-refractivity contribution in [2.45, 2.75) is 31.9 Å². The molecule has 1 atom stereocenters. The maximum Gasteiger partial charge on any atom is 0.408 e. The Labute approximate surface area is 133 Å². The number of amides is 1. The molecule has 9 heteroatoms. The van der Waals surface area contributed by atoms with Crippen LogP contribution in [0, 0.1) is 0 Å². The van der Waals surface area contributed by atoms with Crippen LogP contribution in [0.15, 0.2) is 30.3 Å². The van der Waals surface area contributed by atoms with E-state index in [-0.39, 0.29) is 32.0 Å². The van der Waals surface area contributed by atoms with Crippen molar-refractivity contribution in [1.29, 1.82) is 0 Å². The van der Waals surface area contributed by atoms with Crippen molar-refractivity contribution in [3.05, 3.63) is 35.9 Å². The summed E-state index contributed by atoms with van der Waals surface area (Å²) in [6.45, 7) is 0.0250. The van der Waals surface area contributed by atoms with Crippen LogP contribution < -0.4 is 5.32 Å². The van der Waals surface area contributed by atoms with Gasteiger partial charge < -0.3 is 24.9 Å². The molecule has 128 valence electrons. The average molecular weight is 345 g/mol. The fourth-order valence-corrected chi connectivity index (χ4v) is 2.47. The van der Waals surface area contributed by atoms with E-state index in [1.165, 1.54) is 0 Å². The van der Waals surface area contributed by atoms with Gasteiger partial charge in [0.05, 0.1) is 0 Å². The van der Waals surface area contributed by atoms with Gasteiger partial charge in [-0.2, -0.15) is 0 Å². The van der Waals surface area contributed by atoms with Crippen LogP contribution in [0.2, 0.25) is 0 Å². The lowest BCUT2D eigenvalue weighted by molar-refractivity contribution is -0.139. The third-order valence-electron chi connectivity index (χ3n) is 3.00. The highest BCUT2D eigenvalue weighted by Gasteiger charge is 2.21. The van der Waals surface area contributed by atoms with Gasteiger partial charge in [0.15, 0.2) is 0 Å². The third kappa shape index (κ3) is 8.97. The molecule has 0 fully saturated rings. The van der Waals surface area contributed by atoms with E-state index >= 15 is 0 Å². The molecule has 0 saturated heterocycles. The largest absolute Gasteiger partial charge is 0.480 e. The van der Waals surface area contributed by atoms with E-state index in [2.05, 4.69) is 5.32 Å². The summed E-state index contributed by atoms with van der Waals surface area (Å²) in [4.78, 5) is 40.1. The van der Waals surface area contributed by atoms with Crippen molar-refractivity contribution in [3.8, 4) is 0 Å². The van der Waals surface area contributed by atoms with Gasteiger partial charge in [-0.1, -0.05) is 36.8 Å². The highest BCUT2D eigenvalue weighted by atomic mass is 31.2. The number of rotatable bonds is 9. The fourth-order valence-electron chi connectivity index (χ4n) is 1.83. The molecule has 0 radical (unpaired) electrons. The van der Waals surface area contributed by atoms with Gasteiger partial charge >= 0.3 is 19.7 Å². The molecule has 0 aliphatic carbocycles. The van der Waals surface area contributed by atoms with Gasteiger partial charge in [-0.3, -0.25) is 4.57 Å². The fraction of sp³-hybridized carbons (Fsp3) is 0.429. The van der Waals surface area contributed by atoms with Crippen LogP contribution in [0.3, 0.4) is 0 Å². The van der Waals surface area contributed by atoms with Gasteiger partial charge in [0.25, 0.3) is 0 Å². The zero-order valence-electron chi connectivity index (χ0n) is 12.4. The smallest absolute Gasteiger partial charge is 0.408 e. The van der Waals surface area contributed by atoms with E-state index in [4.69, 9.17) is 19.6 Å². The van der Waals surface area contributed by atoms with Crippen LogP contribution in [0.4, 0.5) is 4.79 Å². The Morgan fingerprint density at radius 2 is 1.83 bits per heavy atom. The third-order valence-corrected chi connectivity index (χ3v) is 3.89. The summed E-state index contributed by atoms with van der Waals surface area (Å²) >= 11 is 0. The predicted octanol–water partition coefficient (Wildman–Crippen LogP) is 1.71. The Hall–Kier alpha value is -1.89. The standard InChI is InChI=1S/C14H20NO7P/c16-13(17)12(8-4-5-9-23(19,20)21)15-14(18)22-10-11-6-2-1-3-7-11/h1-3,6-7,12H,4-5,8-10H2,(H,15,18)(H,16,17)(H2,19,20,21). The number of benzene rings is 1. The second-order valence-corrected chi connectivity index (χ2v) is 6.76. The predicted molar refractivity (Wildman–Crippen MR) is 81.9 cm³/mol. The van der Waals surface area contributed by atoms with Crippen LogP contribution in [0.5, 0.6) is 0 Å². The van der Waals surface area contributed by atoms with E-state index in [1.807, 2.05) is 6.07 Å². The molecular formula is C14H20NO7P. The van der Waals surface area contributed by atoms with Gasteiger partial charge in [-0.05, 0) is 18.4 Å². The zero-order valence-corrected chi connectivity index (χ0v) is 13.3. The number of hydrogen-bond acceptors (Lipinski definition) is 4.